The van der Waals surface area contributed by atoms with E-state index in [0.717, 1.165) is 12.1 Å². The highest BCUT2D eigenvalue weighted by Crippen LogP contribution is 2.29. The van der Waals surface area contributed by atoms with E-state index >= 15 is 0 Å². The topological polar surface area (TPSA) is 73.6 Å². The third-order valence-corrected chi connectivity index (χ3v) is 3.10. The fraction of sp³-hybridized carbons (Fsp3) is 0.500. The number of carbonyl (C=O) groups is 1. The van der Waals surface area contributed by atoms with Crippen molar-refractivity contribution in [2.24, 2.45) is 5.73 Å². The maximum atomic E-state index is 11.0. The summed E-state index contributed by atoms with van der Waals surface area (Å²) >= 11 is 0. The van der Waals surface area contributed by atoms with Crippen molar-refractivity contribution >= 4 is 5.91 Å². The maximum Gasteiger partial charge on any atom is 0.258 e. The number of amides is 1. The third kappa shape index (κ3) is 3.86. The van der Waals surface area contributed by atoms with E-state index in [9.17, 15) is 4.79 Å². The van der Waals surface area contributed by atoms with Gasteiger partial charge in [0.25, 0.3) is 5.91 Å². The van der Waals surface area contributed by atoms with Crippen LogP contribution in [0.4, 0.5) is 0 Å². The molecular formula is C14H20N2O3. The highest BCUT2D eigenvalue weighted by atomic mass is 16.5. The number of methoxy groups -OCH3 is 1. The molecule has 5 heteroatoms. The average molecular weight is 264 g/mol. The van der Waals surface area contributed by atoms with E-state index in [4.69, 9.17) is 15.2 Å². The summed E-state index contributed by atoms with van der Waals surface area (Å²) in [5.74, 6) is 0.647. The first-order valence-electron chi connectivity index (χ1n) is 6.46. The zero-order valence-corrected chi connectivity index (χ0v) is 11.3. The van der Waals surface area contributed by atoms with Gasteiger partial charge in [-0.2, -0.15) is 0 Å². The lowest BCUT2D eigenvalue weighted by Gasteiger charge is -2.15. The summed E-state index contributed by atoms with van der Waals surface area (Å²) in [6.07, 6.45) is 1.84. The predicted molar refractivity (Wildman–Crippen MR) is 72.1 cm³/mol. The fourth-order valence-electron chi connectivity index (χ4n) is 1.72. The van der Waals surface area contributed by atoms with Crippen LogP contribution in [0.15, 0.2) is 18.2 Å². The fourth-order valence-corrected chi connectivity index (χ4v) is 1.72. The van der Waals surface area contributed by atoms with Crippen LogP contribution in [0.25, 0.3) is 0 Å². The molecule has 1 aromatic rings. The van der Waals surface area contributed by atoms with Crippen LogP contribution in [0, 0.1) is 0 Å². The van der Waals surface area contributed by atoms with Crippen molar-refractivity contribution in [3.8, 4) is 11.5 Å². The van der Waals surface area contributed by atoms with Gasteiger partial charge in [-0.25, -0.2) is 0 Å². The Hall–Kier alpha value is -1.75. The minimum absolute atomic E-state index is 0.499. The quantitative estimate of drug-likeness (QED) is 0.776. The second kappa shape index (κ2) is 5.93. The van der Waals surface area contributed by atoms with E-state index in [1.54, 1.807) is 14.0 Å². The largest absolute Gasteiger partial charge is 0.493 e. The molecular weight excluding hydrogens is 244 g/mol. The Labute approximate surface area is 113 Å². The average Bonchev–Trinajstić information content (AvgIpc) is 3.21. The molecule has 1 aromatic carbocycles. The van der Waals surface area contributed by atoms with Crippen LogP contribution in [0.1, 0.15) is 25.3 Å². The Morgan fingerprint density at radius 1 is 1.47 bits per heavy atom. The molecule has 1 unspecified atom stereocenters. The van der Waals surface area contributed by atoms with Gasteiger partial charge in [-0.05, 0) is 37.5 Å². The normalized spacial score (nSPS) is 15.9. The first-order chi connectivity index (χ1) is 9.10. The Bertz CT molecular complexity index is 458. The molecule has 104 valence electrons. The molecule has 0 aromatic heterocycles. The van der Waals surface area contributed by atoms with E-state index in [1.165, 1.54) is 12.8 Å². The Morgan fingerprint density at radius 2 is 2.21 bits per heavy atom. The lowest BCUT2D eigenvalue weighted by molar-refractivity contribution is -0.124. The summed E-state index contributed by atoms with van der Waals surface area (Å²) < 4.78 is 10.8. The third-order valence-electron chi connectivity index (χ3n) is 3.10. The molecule has 0 spiro atoms. The van der Waals surface area contributed by atoms with Crippen LogP contribution in [-0.2, 0) is 11.3 Å². The van der Waals surface area contributed by atoms with Crippen molar-refractivity contribution in [1.29, 1.82) is 0 Å². The number of primary amides is 1. The van der Waals surface area contributed by atoms with Gasteiger partial charge in [0.2, 0.25) is 0 Å². The Kier molecular flexibility index (Phi) is 4.27. The summed E-state index contributed by atoms with van der Waals surface area (Å²) in [6, 6.07) is 6.35. The molecule has 5 nitrogen and oxygen atoms in total. The van der Waals surface area contributed by atoms with E-state index in [0.29, 0.717) is 17.5 Å². The zero-order valence-electron chi connectivity index (χ0n) is 11.3. The van der Waals surface area contributed by atoms with Crippen LogP contribution in [0.2, 0.25) is 0 Å². The van der Waals surface area contributed by atoms with E-state index in [1.807, 2.05) is 18.2 Å². The first kappa shape index (κ1) is 13.7. The Morgan fingerprint density at radius 3 is 2.79 bits per heavy atom. The molecule has 2 rings (SSSR count). The second-order valence-corrected chi connectivity index (χ2v) is 4.80. The minimum atomic E-state index is -0.677. The summed E-state index contributed by atoms with van der Waals surface area (Å²) in [7, 11) is 1.58. The molecule has 1 aliphatic rings. The number of hydrogen-bond acceptors (Lipinski definition) is 4. The van der Waals surface area contributed by atoms with Crippen LogP contribution in [0.3, 0.4) is 0 Å². The number of nitrogens with two attached hydrogens (primary N) is 1. The lowest BCUT2D eigenvalue weighted by atomic mass is 10.2. The van der Waals surface area contributed by atoms with E-state index in [2.05, 4.69) is 5.32 Å². The van der Waals surface area contributed by atoms with E-state index < -0.39 is 12.0 Å². The van der Waals surface area contributed by atoms with Gasteiger partial charge >= 0.3 is 0 Å². The zero-order chi connectivity index (χ0) is 13.8. The van der Waals surface area contributed by atoms with Crippen LogP contribution >= 0.6 is 0 Å². The second-order valence-electron chi connectivity index (χ2n) is 4.80. The number of carbonyl (C=O) groups excluding carboxylic acids is 1. The molecule has 0 aliphatic heterocycles. The van der Waals surface area contributed by atoms with Crippen LogP contribution in [-0.4, -0.2) is 25.2 Å². The summed E-state index contributed by atoms with van der Waals surface area (Å²) in [4.78, 5) is 11.0. The van der Waals surface area contributed by atoms with Gasteiger partial charge < -0.3 is 20.5 Å². The molecule has 0 heterocycles. The molecule has 3 N–H and O–H groups in total. The first-order valence-corrected chi connectivity index (χ1v) is 6.46. The van der Waals surface area contributed by atoms with E-state index in [-0.39, 0.29) is 0 Å². The number of rotatable bonds is 7. The van der Waals surface area contributed by atoms with Crippen molar-refractivity contribution in [3.05, 3.63) is 23.8 Å². The van der Waals surface area contributed by atoms with Crippen molar-refractivity contribution in [2.75, 3.05) is 7.11 Å². The number of ether oxygens (including phenoxy) is 2. The molecule has 1 fully saturated rings. The molecule has 1 atom stereocenters. The van der Waals surface area contributed by atoms with Gasteiger partial charge in [0, 0.05) is 12.6 Å². The number of hydrogen-bond donors (Lipinski definition) is 2. The number of benzene rings is 1. The van der Waals surface area contributed by atoms with Crippen molar-refractivity contribution in [3.63, 3.8) is 0 Å². The molecule has 19 heavy (non-hydrogen) atoms. The molecule has 1 aliphatic carbocycles. The lowest BCUT2D eigenvalue weighted by Crippen LogP contribution is -2.30. The summed E-state index contributed by atoms with van der Waals surface area (Å²) in [5, 5.41) is 3.43. The molecule has 1 saturated carbocycles. The SMILES string of the molecule is COc1cc(CNC2CC2)ccc1OC(C)C(N)=O. The smallest absolute Gasteiger partial charge is 0.258 e. The van der Waals surface area contributed by atoms with Gasteiger partial charge in [0.1, 0.15) is 0 Å². The van der Waals surface area contributed by atoms with Crippen molar-refractivity contribution in [2.45, 2.75) is 38.5 Å². The highest BCUT2D eigenvalue weighted by Gasteiger charge is 2.20. The van der Waals surface area contributed by atoms with Crippen LogP contribution in [0.5, 0.6) is 11.5 Å². The summed E-state index contributed by atoms with van der Waals surface area (Å²) in [5.41, 5.74) is 6.31. The minimum Gasteiger partial charge on any atom is -0.493 e. The maximum absolute atomic E-state index is 11.0. The molecule has 0 radical (unpaired) electrons. The monoisotopic (exact) mass is 264 g/mol. The van der Waals surface area contributed by atoms with Gasteiger partial charge in [0.15, 0.2) is 17.6 Å². The van der Waals surface area contributed by atoms with Crippen molar-refractivity contribution in [1.82, 2.24) is 5.32 Å². The standard InChI is InChI=1S/C14H20N2O3/c1-9(14(15)17)19-12-6-3-10(7-13(12)18-2)8-16-11-4-5-11/h3,6-7,9,11,16H,4-5,8H2,1-2H3,(H2,15,17). The van der Waals surface area contributed by atoms with Gasteiger partial charge in [-0.15, -0.1) is 0 Å². The molecule has 0 saturated heterocycles. The highest BCUT2D eigenvalue weighted by molar-refractivity contribution is 5.78. The van der Waals surface area contributed by atoms with Crippen molar-refractivity contribution < 1.29 is 14.3 Å². The summed E-state index contributed by atoms with van der Waals surface area (Å²) in [6.45, 7) is 2.43. The Balaban J connectivity index is 2.04. The van der Waals surface area contributed by atoms with Crippen LogP contribution < -0.4 is 20.5 Å². The van der Waals surface area contributed by atoms with Gasteiger partial charge in [-0.1, -0.05) is 6.07 Å². The molecule has 0 bridgehead atoms. The predicted octanol–water partition coefficient (Wildman–Crippen LogP) is 1.20. The van der Waals surface area contributed by atoms with Gasteiger partial charge in [0.05, 0.1) is 7.11 Å². The van der Waals surface area contributed by atoms with Gasteiger partial charge in [-0.3, -0.25) is 4.79 Å². The molecule has 1 amide bonds. The number of nitrogens with one attached hydrogen (secondary N) is 1.